The molecule has 3 aliphatic carbocycles. The van der Waals surface area contributed by atoms with Gasteiger partial charge in [0.1, 0.15) is 0 Å². The van der Waals surface area contributed by atoms with E-state index in [1.165, 1.54) is 24.1 Å². The second-order valence-electron chi connectivity index (χ2n) is 7.01. The lowest BCUT2D eigenvalue weighted by Gasteiger charge is -2.57. The van der Waals surface area contributed by atoms with Crippen LogP contribution in [0.25, 0.3) is 0 Å². The SMILES string of the molecule is Cc1[nH]ncc1CN(C)CC1=CC[C@H]2C[C@@H]1C2(C)C. The summed E-state index contributed by atoms with van der Waals surface area (Å²) in [6.45, 7) is 9.06. The van der Waals surface area contributed by atoms with Gasteiger partial charge < -0.3 is 0 Å². The number of nitrogens with zero attached hydrogens (tertiary/aromatic N) is 2. The summed E-state index contributed by atoms with van der Waals surface area (Å²) in [6.07, 6.45) is 7.15. The van der Waals surface area contributed by atoms with Crippen LogP contribution in [0.3, 0.4) is 0 Å². The summed E-state index contributed by atoms with van der Waals surface area (Å²) in [7, 11) is 2.21. The predicted molar refractivity (Wildman–Crippen MR) is 77.7 cm³/mol. The van der Waals surface area contributed by atoms with Gasteiger partial charge in [-0.15, -0.1) is 0 Å². The number of aromatic nitrogens is 2. The lowest BCUT2D eigenvalue weighted by atomic mass is 9.49. The lowest BCUT2D eigenvalue weighted by molar-refractivity contribution is -0.0101. The zero-order chi connectivity index (χ0) is 13.6. The van der Waals surface area contributed by atoms with Gasteiger partial charge in [-0.1, -0.05) is 25.5 Å². The van der Waals surface area contributed by atoms with E-state index in [9.17, 15) is 0 Å². The molecular formula is C16H25N3. The number of H-pyrrole nitrogens is 1. The molecule has 1 N–H and O–H groups in total. The molecule has 1 heterocycles. The summed E-state index contributed by atoms with van der Waals surface area (Å²) < 4.78 is 0. The normalized spacial score (nSPS) is 28.2. The number of hydrogen-bond donors (Lipinski definition) is 1. The molecule has 2 atom stereocenters. The third kappa shape index (κ3) is 2.14. The largest absolute Gasteiger partial charge is 0.298 e. The monoisotopic (exact) mass is 259 g/mol. The van der Waals surface area contributed by atoms with Crippen LogP contribution in [-0.4, -0.2) is 28.7 Å². The summed E-state index contributed by atoms with van der Waals surface area (Å²) in [5.74, 6) is 1.75. The highest BCUT2D eigenvalue weighted by Gasteiger charge is 2.50. The maximum Gasteiger partial charge on any atom is 0.0535 e. The number of allylic oxidation sites excluding steroid dienone is 1. The summed E-state index contributed by atoms with van der Waals surface area (Å²) in [5.41, 5.74) is 4.70. The van der Waals surface area contributed by atoms with Crippen LogP contribution in [0.4, 0.5) is 0 Å². The second-order valence-corrected chi connectivity index (χ2v) is 7.01. The average Bonchev–Trinajstić information content (AvgIpc) is 2.74. The van der Waals surface area contributed by atoms with Crippen LogP contribution in [0.2, 0.25) is 0 Å². The number of likely N-dealkylation sites (N-methyl/N-ethyl adjacent to an activating group) is 1. The Kier molecular flexibility index (Phi) is 3.05. The lowest BCUT2D eigenvalue weighted by Crippen LogP contribution is -2.49. The minimum Gasteiger partial charge on any atom is -0.298 e. The average molecular weight is 259 g/mol. The minimum atomic E-state index is 0.538. The third-order valence-electron chi connectivity index (χ3n) is 5.41. The maximum absolute atomic E-state index is 4.10. The Hall–Kier alpha value is -1.09. The van der Waals surface area contributed by atoms with Crippen molar-refractivity contribution in [2.45, 2.75) is 40.2 Å². The highest BCUT2D eigenvalue weighted by atomic mass is 15.1. The van der Waals surface area contributed by atoms with Gasteiger partial charge in [-0.3, -0.25) is 10.00 Å². The zero-order valence-corrected chi connectivity index (χ0v) is 12.5. The summed E-state index contributed by atoms with van der Waals surface area (Å²) >= 11 is 0. The standard InChI is InChI=1S/C16H25N3/c1-11-13(8-17-18-11)10-19(4)9-12-5-6-14-7-15(12)16(14,2)3/h5,8,14-15H,6-7,9-10H2,1-4H3,(H,17,18)/t14-,15-/m0/s1. The first-order valence-electron chi connectivity index (χ1n) is 7.34. The van der Waals surface area contributed by atoms with Crippen molar-refractivity contribution in [3.63, 3.8) is 0 Å². The first-order valence-corrected chi connectivity index (χ1v) is 7.34. The quantitative estimate of drug-likeness (QED) is 0.842. The van der Waals surface area contributed by atoms with Gasteiger partial charge in [0.15, 0.2) is 0 Å². The molecule has 3 aliphatic rings. The van der Waals surface area contributed by atoms with Gasteiger partial charge in [-0.25, -0.2) is 0 Å². The van der Waals surface area contributed by atoms with Gasteiger partial charge in [0.25, 0.3) is 0 Å². The molecule has 3 heteroatoms. The number of aromatic amines is 1. The number of fused-ring (bicyclic) bond motifs is 1. The molecule has 4 rings (SSSR count). The molecule has 19 heavy (non-hydrogen) atoms. The van der Waals surface area contributed by atoms with Crippen LogP contribution in [0.1, 0.15) is 37.9 Å². The Morgan fingerprint density at radius 3 is 2.79 bits per heavy atom. The van der Waals surface area contributed by atoms with Gasteiger partial charge in [0.05, 0.1) is 6.20 Å². The van der Waals surface area contributed by atoms with Gasteiger partial charge in [0.2, 0.25) is 0 Å². The Labute approximate surface area is 116 Å². The van der Waals surface area contributed by atoms with E-state index in [1.54, 1.807) is 5.57 Å². The first kappa shape index (κ1) is 12.9. The first-order chi connectivity index (χ1) is 8.98. The molecule has 1 aromatic heterocycles. The molecule has 3 nitrogen and oxygen atoms in total. The molecular weight excluding hydrogens is 234 g/mol. The molecule has 1 fully saturated rings. The molecule has 0 radical (unpaired) electrons. The van der Waals surface area contributed by atoms with E-state index in [1.807, 2.05) is 6.20 Å². The molecule has 1 saturated carbocycles. The van der Waals surface area contributed by atoms with Crippen molar-refractivity contribution in [2.75, 3.05) is 13.6 Å². The molecule has 0 unspecified atom stereocenters. The fourth-order valence-electron chi connectivity index (χ4n) is 3.85. The van der Waals surface area contributed by atoms with Crippen molar-refractivity contribution in [3.05, 3.63) is 29.1 Å². The third-order valence-corrected chi connectivity index (χ3v) is 5.41. The molecule has 0 saturated heterocycles. The van der Waals surface area contributed by atoms with Gasteiger partial charge in [-0.05, 0) is 44.1 Å². The van der Waals surface area contributed by atoms with E-state index >= 15 is 0 Å². The number of hydrogen-bond acceptors (Lipinski definition) is 2. The summed E-state index contributed by atoms with van der Waals surface area (Å²) in [5, 5.41) is 7.12. The number of aryl methyl sites for hydroxylation is 1. The van der Waals surface area contributed by atoms with Crippen molar-refractivity contribution in [3.8, 4) is 0 Å². The summed E-state index contributed by atoms with van der Waals surface area (Å²) in [6, 6.07) is 0. The fourth-order valence-corrected chi connectivity index (χ4v) is 3.85. The van der Waals surface area contributed by atoms with Crippen molar-refractivity contribution in [1.82, 2.24) is 15.1 Å². The number of nitrogens with one attached hydrogen (secondary N) is 1. The van der Waals surface area contributed by atoms with E-state index in [2.05, 4.69) is 49.0 Å². The molecule has 1 aromatic rings. The van der Waals surface area contributed by atoms with E-state index in [4.69, 9.17) is 0 Å². The molecule has 0 aromatic carbocycles. The second kappa shape index (κ2) is 4.48. The molecule has 0 aliphatic heterocycles. The Morgan fingerprint density at radius 2 is 2.21 bits per heavy atom. The molecule has 0 amide bonds. The highest BCUT2D eigenvalue weighted by molar-refractivity contribution is 5.24. The Balaban J connectivity index is 1.63. The Bertz CT molecular complexity index is 498. The summed E-state index contributed by atoms with van der Waals surface area (Å²) in [4.78, 5) is 2.42. The van der Waals surface area contributed by atoms with Gasteiger partial charge >= 0.3 is 0 Å². The van der Waals surface area contributed by atoms with E-state index in [0.717, 1.165) is 24.9 Å². The van der Waals surface area contributed by atoms with E-state index in [0.29, 0.717) is 5.41 Å². The van der Waals surface area contributed by atoms with Gasteiger partial charge in [0, 0.05) is 24.3 Å². The van der Waals surface area contributed by atoms with Crippen LogP contribution in [0.5, 0.6) is 0 Å². The topological polar surface area (TPSA) is 31.9 Å². The molecule has 0 spiro atoms. The molecule has 104 valence electrons. The van der Waals surface area contributed by atoms with Crippen LogP contribution in [0, 0.1) is 24.2 Å². The molecule has 2 bridgehead atoms. The zero-order valence-electron chi connectivity index (χ0n) is 12.5. The predicted octanol–water partition coefficient (Wildman–Crippen LogP) is 3.14. The van der Waals surface area contributed by atoms with Crippen LogP contribution >= 0.6 is 0 Å². The van der Waals surface area contributed by atoms with Crippen molar-refractivity contribution < 1.29 is 0 Å². The van der Waals surface area contributed by atoms with Crippen LogP contribution in [0.15, 0.2) is 17.8 Å². The van der Waals surface area contributed by atoms with Crippen LogP contribution in [-0.2, 0) is 6.54 Å². The van der Waals surface area contributed by atoms with Crippen LogP contribution < -0.4 is 0 Å². The highest BCUT2D eigenvalue weighted by Crippen LogP contribution is 2.59. The van der Waals surface area contributed by atoms with E-state index in [-0.39, 0.29) is 0 Å². The van der Waals surface area contributed by atoms with Gasteiger partial charge in [-0.2, -0.15) is 5.10 Å². The fraction of sp³-hybridized carbons (Fsp3) is 0.688. The smallest absolute Gasteiger partial charge is 0.0535 e. The van der Waals surface area contributed by atoms with Crippen molar-refractivity contribution >= 4 is 0 Å². The minimum absolute atomic E-state index is 0.538. The van der Waals surface area contributed by atoms with E-state index < -0.39 is 0 Å². The van der Waals surface area contributed by atoms with Crippen molar-refractivity contribution in [1.29, 1.82) is 0 Å². The van der Waals surface area contributed by atoms with Crippen molar-refractivity contribution in [2.24, 2.45) is 17.3 Å². The maximum atomic E-state index is 4.10. The Morgan fingerprint density at radius 1 is 1.42 bits per heavy atom. The number of rotatable bonds is 4.